The smallest absolute Gasteiger partial charge is 0.276 e. The number of nitrogens with one attached hydrogen (secondary N) is 1. The molecule has 2 aliphatic rings. The fourth-order valence-electron chi connectivity index (χ4n) is 5.59. The van der Waals surface area contributed by atoms with Crippen molar-refractivity contribution in [3.05, 3.63) is 53.4 Å². The van der Waals surface area contributed by atoms with Gasteiger partial charge in [-0.25, -0.2) is 0 Å². The zero-order valence-electron chi connectivity index (χ0n) is 19.8. The third-order valence-corrected chi connectivity index (χ3v) is 7.43. The topological polar surface area (TPSA) is 67.5 Å². The Morgan fingerprint density at radius 1 is 1.06 bits per heavy atom. The number of benzene rings is 1. The quantitative estimate of drug-likeness (QED) is 0.576. The zero-order chi connectivity index (χ0) is 23.2. The fourth-order valence-corrected chi connectivity index (χ4v) is 5.59. The van der Waals surface area contributed by atoms with Crippen LogP contribution in [0.1, 0.15) is 73.5 Å². The van der Waals surface area contributed by atoms with Crippen molar-refractivity contribution in [2.45, 2.75) is 83.8 Å². The van der Waals surface area contributed by atoms with Crippen LogP contribution in [-0.2, 0) is 11.3 Å². The molecule has 33 heavy (non-hydrogen) atoms. The minimum absolute atomic E-state index is 0.0857. The van der Waals surface area contributed by atoms with Gasteiger partial charge in [-0.1, -0.05) is 49.8 Å². The maximum absolute atomic E-state index is 14.0. The Morgan fingerprint density at radius 2 is 1.79 bits per heavy atom. The summed E-state index contributed by atoms with van der Waals surface area (Å²) in [4.78, 5) is 29.6. The molecule has 174 valence electrons. The maximum atomic E-state index is 14.0. The highest BCUT2D eigenvalue weighted by molar-refractivity contribution is 6.14. The van der Waals surface area contributed by atoms with Crippen molar-refractivity contribution < 1.29 is 14.0 Å². The number of nitrogens with zero attached hydrogens (tertiary/aromatic N) is 2. The highest BCUT2D eigenvalue weighted by Gasteiger charge is 2.49. The van der Waals surface area contributed by atoms with E-state index in [1.807, 2.05) is 43.5 Å². The van der Waals surface area contributed by atoms with E-state index in [4.69, 9.17) is 4.42 Å². The van der Waals surface area contributed by atoms with E-state index in [2.05, 4.69) is 11.4 Å². The summed E-state index contributed by atoms with van der Waals surface area (Å²) in [6, 6.07) is 9.85. The number of amides is 2. The van der Waals surface area contributed by atoms with Gasteiger partial charge in [0.1, 0.15) is 11.2 Å². The number of aromatic nitrogens is 1. The van der Waals surface area contributed by atoms with Crippen LogP contribution in [0.5, 0.6) is 0 Å². The van der Waals surface area contributed by atoms with Crippen molar-refractivity contribution in [3.63, 3.8) is 0 Å². The first-order chi connectivity index (χ1) is 15.9. The molecule has 3 aromatic rings. The molecule has 0 bridgehead atoms. The van der Waals surface area contributed by atoms with Gasteiger partial charge in [-0.05, 0) is 45.2 Å². The lowest BCUT2D eigenvalue weighted by molar-refractivity contribution is -0.127. The molecule has 0 radical (unpaired) electrons. The molecule has 5 rings (SSSR count). The predicted molar refractivity (Wildman–Crippen MR) is 130 cm³/mol. The summed E-state index contributed by atoms with van der Waals surface area (Å²) in [5.41, 5.74) is 3.91. The van der Waals surface area contributed by atoms with E-state index in [1.54, 1.807) is 17.2 Å². The van der Waals surface area contributed by atoms with Gasteiger partial charge >= 0.3 is 0 Å². The second-order valence-corrected chi connectivity index (χ2v) is 10.0. The Hall–Kier alpha value is -3.02. The van der Waals surface area contributed by atoms with Gasteiger partial charge in [0.15, 0.2) is 5.58 Å². The predicted octanol–water partition coefficient (Wildman–Crippen LogP) is 5.50. The molecule has 6 nitrogen and oxygen atoms in total. The Morgan fingerprint density at radius 3 is 2.52 bits per heavy atom. The van der Waals surface area contributed by atoms with E-state index >= 15 is 0 Å². The minimum atomic E-state index is -1.06. The highest BCUT2D eigenvalue weighted by atomic mass is 16.3. The molecule has 2 amide bonds. The number of anilines is 1. The van der Waals surface area contributed by atoms with Crippen LogP contribution >= 0.6 is 0 Å². The molecule has 3 heterocycles. The van der Waals surface area contributed by atoms with Crippen LogP contribution in [0, 0.1) is 13.8 Å². The first-order valence-electron chi connectivity index (χ1n) is 12.2. The number of fused-ring (bicyclic) bond motifs is 3. The van der Waals surface area contributed by atoms with Gasteiger partial charge in [0, 0.05) is 23.9 Å². The third-order valence-electron chi connectivity index (χ3n) is 7.43. The summed E-state index contributed by atoms with van der Waals surface area (Å²) in [6.45, 7) is 6.32. The highest BCUT2D eigenvalue weighted by Crippen LogP contribution is 2.38. The van der Waals surface area contributed by atoms with Crippen molar-refractivity contribution in [1.82, 2.24) is 9.88 Å². The summed E-state index contributed by atoms with van der Waals surface area (Å²) < 4.78 is 7.53. The number of rotatable bonds is 3. The van der Waals surface area contributed by atoms with Crippen LogP contribution in [0.25, 0.3) is 11.1 Å². The summed E-state index contributed by atoms with van der Waals surface area (Å²) in [5.74, 6) is -0.257. The summed E-state index contributed by atoms with van der Waals surface area (Å²) in [6.07, 6.45) is 9.64. The number of hydrogen-bond donors (Lipinski definition) is 1. The van der Waals surface area contributed by atoms with Gasteiger partial charge in [0.05, 0.1) is 18.3 Å². The molecule has 1 aliphatic heterocycles. The van der Waals surface area contributed by atoms with E-state index in [0.717, 1.165) is 48.0 Å². The largest absolute Gasteiger partial charge is 0.463 e. The number of furan rings is 1. The van der Waals surface area contributed by atoms with Gasteiger partial charge < -0.3 is 14.3 Å². The van der Waals surface area contributed by atoms with Crippen LogP contribution in [-0.4, -0.2) is 28.0 Å². The van der Waals surface area contributed by atoms with Crippen LogP contribution in [0.15, 0.2) is 41.0 Å². The number of hydrogen-bond acceptors (Lipinski definition) is 3. The number of aryl methyl sites for hydroxylation is 2. The molecule has 1 saturated carbocycles. The lowest BCUT2D eigenvalue weighted by Crippen LogP contribution is -2.65. The molecule has 2 aromatic heterocycles. The summed E-state index contributed by atoms with van der Waals surface area (Å²) >= 11 is 0. The molecular weight excluding hydrogens is 414 g/mol. The number of carbonyl (C=O) groups excluding carboxylic acids is 2. The standard InChI is InChI=1S/C27H33N3O3/c1-18-11-12-21(19(2)15-18)30-25(31)23-16-24-22(13-14-33-24)29(23)17-27(30,3)26(32)28-20-9-7-5-4-6-8-10-20/h11-16,20H,4-10,17H2,1-3H3,(H,28,32). The lowest BCUT2D eigenvalue weighted by atomic mass is 9.91. The zero-order valence-corrected chi connectivity index (χ0v) is 19.8. The van der Waals surface area contributed by atoms with Crippen molar-refractivity contribution in [2.24, 2.45) is 0 Å². The Kier molecular flexibility index (Phi) is 5.55. The average molecular weight is 448 g/mol. The van der Waals surface area contributed by atoms with Crippen LogP contribution in [0.3, 0.4) is 0 Å². The normalized spacial score (nSPS) is 22.2. The Balaban J connectivity index is 1.57. The SMILES string of the molecule is Cc1ccc(N2C(=O)c3cc4occc4n3CC2(C)C(=O)NC2CCCCCCC2)c(C)c1. The van der Waals surface area contributed by atoms with Gasteiger partial charge in [0.25, 0.3) is 5.91 Å². The van der Waals surface area contributed by atoms with E-state index < -0.39 is 5.54 Å². The van der Waals surface area contributed by atoms with Crippen LogP contribution in [0.2, 0.25) is 0 Å². The van der Waals surface area contributed by atoms with Gasteiger partial charge in [-0.3, -0.25) is 14.5 Å². The molecule has 1 aromatic carbocycles. The first kappa shape index (κ1) is 21.8. The van der Waals surface area contributed by atoms with Crippen molar-refractivity contribution in [2.75, 3.05) is 4.90 Å². The molecular formula is C27H33N3O3. The monoisotopic (exact) mass is 447 g/mol. The van der Waals surface area contributed by atoms with Crippen LogP contribution in [0.4, 0.5) is 5.69 Å². The third kappa shape index (κ3) is 3.75. The average Bonchev–Trinajstić information content (AvgIpc) is 3.34. The Labute approximate surface area is 194 Å². The van der Waals surface area contributed by atoms with E-state index in [-0.39, 0.29) is 17.9 Å². The fraction of sp³-hybridized carbons (Fsp3) is 0.481. The molecule has 1 unspecified atom stereocenters. The number of carbonyl (C=O) groups is 2. The van der Waals surface area contributed by atoms with Gasteiger partial charge in [-0.15, -0.1) is 0 Å². The van der Waals surface area contributed by atoms with E-state index in [9.17, 15) is 9.59 Å². The van der Waals surface area contributed by atoms with E-state index in [0.29, 0.717) is 17.8 Å². The second-order valence-electron chi connectivity index (χ2n) is 10.0. The molecule has 1 N–H and O–H groups in total. The van der Waals surface area contributed by atoms with Crippen molar-refractivity contribution >= 4 is 28.6 Å². The molecule has 1 atom stereocenters. The second kappa shape index (κ2) is 8.40. The van der Waals surface area contributed by atoms with Crippen LogP contribution < -0.4 is 10.2 Å². The summed E-state index contributed by atoms with van der Waals surface area (Å²) in [7, 11) is 0. The molecule has 1 aliphatic carbocycles. The van der Waals surface area contributed by atoms with Crippen molar-refractivity contribution in [1.29, 1.82) is 0 Å². The molecule has 1 fully saturated rings. The Bertz CT molecular complexity index is 1200. The first-order valence-corrected chi connectivity index (χ1v) is 12.2. The lowest BCUT2D eigenvalue weighted by Gasteiger charge is -2.45. The van der Waals surface area contributed by atoms with Gasteiger partial charge in [0.2, 0.25) is 5.91 Å². The van der Waals surface area contributed by atoms with Gasteiger partial charge in [-0.2, -0.15) is 0 Å². The maximum Gasteiger partial charge on any atom is 0.276 e. The summed E-state index contributed by atoms with van der Waals surface area (Å²) in [5, 5.41) is 3.34. The molecule has 0 spiro atoms. The van der Waals surface area contributed by atoms with E-state index in [1.165, 1.54) is 19.3 Å². The van der Waals surface area contributed by atoms with Crippen molar-refractivity contribution in [3.8, 4) is 0 Å². The molecule has 0 saturated heterocycles. The molecule has 6 heteroatoms. The minimum Gasteiger partial charge on any atom is -0.463 e.